The monoisotopic (exact) mass is 2160 g/mol. The number of nitrogens with zero attached hydrogens (tertiary/aromatic N) is 4. The summed E-state index contributed by atoms with van der Waals surface area (Å²) >= 11 is 0. The van der Waals surface area contributed by atoms with Gasteiger partial charge in [0.2, 0.25) is 0 Å². The summed E-state index contributed by atoms with van der Waals surface area (Å²) in [5, 5.41) is 83.0. The van der Waals surface area contributed by atoms with E-state index in [1.54, 1.807) is 0 Å². The van der Waals surface area contributed by atoms with E-state index in [4.69, 9.17) is 0 Å². The minimum absolute atomic E-state index is 0. The first-order valence-electron chi connectivity index (χ1n) is 22.8. The van der Waals surface area contributed by atoms with E-state index in [0.29, 0.717) is 50.7 Å². The summed E-state index contributed by atoms with van der Waals surface area (Å²) in [5.41, 5.74) is 7.97. The molecular weight excluding hydrogens is 2110 g/mol. The molecule has 0 unspecified atom stereocenters. The average Bonchev–Trinajstić information content (AvgIpc) is 3.41. The Hall–Kier alpha value is -5.25. The molecule has 8 N–H and O–H groups in total. The fraction of sp³-hybridized carbons (Fsp3) is 0.0968. The topological polar surface area (TPSA) is 202 Å². The molecule has 0 bridgehead atoms. The van der Waals surface area contributed by atoms with Crippen molar-refractivity contribution in [3.8, 4) is 0 Å². The molecule has 0 radical (unpaired) electrons. The van der Waals surface area contributed by atoms with Crippen molar-refractivity contribution in [2.45, 2.75) is 39.3 Å². The minimum Gasteiger partial charge on any atom is -0.706 e. The molecule has 80 heavy (non-hydrogen) atoms. The van der Waals surface area contributed by atoms with Crippen LogP contribution >= 0.6 is 0 Å². The molecule has 0 amide bonds. The largest absolute Gasteiger partial charge is 1.00 e. The van der Waals surface area contributed by atoms with Gasteiger partial charge in [-0.05, 0) is 40.0 Å². The Bertz CT molecular complexity index is 2690. The molecule has 12 nitrogen and oxygen atoms in total. The second-order valence-corrected chi connectivity index (χ2v) is 15.9. The van der Waals surface area contributed by atoms with Gasteiger partial charge in [0.05, 0.1) is 6.08 Å². The van der Waals surface area contributed by atoms with Crippen LogP contribution < -0.4 is 10.6 Å². The fourth-order valence-electron chi connectivity index (χ4n) is 6.70. The van der Waals surface area contributed by atoms with Crippen molar-refractivity contribution in [2.24, 2.45) is 0 Å². The van der Waals surface area contributed by atoms with E-state index in [9.17, 15) is 30.6 Å². The summed E-state index contributed by atoms with van der Waals surface area (Å²) in [6.45, 7) is 2.70. The third-order valence-electron chi connectivity index (χ3n) is 10.5. The summed E-state index contributed by atoms with van der Waals surface area (Å²) in [6, 6.07) is 58.4. The van der Waals surface area contributed by atoms with E-state index in [1.807, 2.05) is 182 Å². The molecule has 0 saturated heterocycles. The molecule has 9 rings (SSSR count). The van der Waals surface area contributed by atoms with Crippen molar-refractivity contribution in [2.75, 3.05) is 0 Å². The van der Waals surface area contributed by atoms with Gasteiger partial charge in [0.1, 0.15) is 45.9 Å². The zero-order valence-corrected chi connectivity index (χ0v) is 55.8. The van der Waals surface area contributed by atoms with E-state index in [2.05, 4.69) is 68.4 Å². The van der Waals surface area contributed by atoms with Gasteiger partial charge in [-0.1, -0.05) is 204 Å². The number of allylic oxidation sites excluding steroid dienone is 6. The van der Waals surface area contributed by atoms with Crippen LogP contribution in [0.3, 0.4) is 0 Å². The van der Waals surface area contributed by atoms with Crippen LogP contribution in [0.1, 0.15) is 33.4 Å². The van der Waals surface area contributed by atoms with Crippen LogP contribution in [-0.4, -0.2) is 30.6 Å². The molecule has 3 aliphatic rings. The second kappa shape index (κ2) is 41.7. The zero-order chi connectivity index (χ0) is 50.3. The summed E-state index contributed by atoms with van der Waals surface area (Å²) in [7, 11) is 0. The number of aliphatic hydroxyl groups excluding tert-OH is 6. The molecule has 6 aromatic carbocycles. The molecule has 0 atom stereocenters. The molecule has 18 heteroatoms. The van der Waals surface area contributed by atoms with E-state index < -0.39 is 0 Å². The molecule has 0 aromatic heterocycles. The first-order valence-corrected chi connectivity index (χ1v) is 22.8. The van der Waals surface area contributed by atoms with Crippen molar-refractivity contribution >= 4 is 0 Å². The molecule has 0 spiro atoms. The van der Waals surface area contributed by atoms with Crippen LogP contribution in [0.5, 0.6) is 0 Å². The van der Waals surface area contributed by atoms with Crippen molar-refractivity contribution < 1.29 is 165 Å². The predicted molar refractivity (Wildman–Crippen MR) is 291 cm³/mol. The van der Waals surface area contributed by atoms with E-state index >= 15 is 0 Å². The minimum atomic E-state index is -0.234. The molecular formula is C62H56Au6N6O6. The van der Waals surface area contributed by atoms with Gasteiger partial charge in [-0.3, -0.25) is 0 Å². The molecule has 3 aliphatic carbocycles. The Morgan fingerprint density at radius 1 is 0.325 bits per heavy atom. The van der Waals surface area contributed by atoms with Crippen molar-refractivity contribution in [3.05, 3.63) is 357 Å². The Labute approximate surface area is 565 Å². The van der Waals surface area contributed by atoms with Gasteiger partial charge in [0, 0.05) is 25.2 Å². The van der Waals surface area contributed by atoms with Crippen molar-refractivity contribution in [1.29, 1.82) is 0 Å². The van der Waals surface area contributed by atoms with Crippen molar-refractivity contribution in [1.82, 2.24) is 10.6 Å². The maximum Gasteiger partial charge on any atom is 1.00 e. The molecule has 0 saturated carbocycles. The van der Waals surface area contributed by atoms with Gasteiger partial charge in [0.25, 0.3) is 0 Å². The number of hydrogen-bond donors (Lipinski definition) is 8. The molecule has 0 fully saturated rings. The Morgan fingerprint density at radius 3 is 0.925 bits per heavy atom. The zero-order valence-electron chi connectivity index (χ0n) is 42.8. The van der Waals surface area contributed by atoms with Gasteiger partial charge < -0.3 is 77.4 Å². The first kappa shape index (κ1) is 76.8. The quantitative estimate of drug-likeness (QED) is 0.0307. The maximum atomic E-state index is 9.94. The smallest absolute Gasteiger partial charge is 0.706 e. The third-order valence-corrected chi connectivity index (χ3v) is 10.5. The van der Waals surface area contributed by atoms with Gasteiger partial charge in [0.15, 0.2) is 0 Å². The van der Waals surface area contributed by atoms with Crippen LogP contribution in [0.4, 0.5) is 0 Å². The van der Waals surface area contributed by atoms with E-state index in [-0.39, 0.29) is 206 Å². The van der Waals surface area contributed by atoms with Gasteiger partial charge >= 0.3 is 134 Å². The van der Waals surface area contributed by atoms with Gasteiger partial charge in [-0.15, -0.1) is 38.3 Å². The molecule has 0 heterocycles. The van der Waals surface area contributed by atoms with Crippen LogP contribution in [0.25, 0.3) is 21.3 Å². The number of benzene rings is 6. The first-order chi connectivity index (χ1) is 35.2. The summed E-state index contributed by atoms with van der Waals surface area (Å²) in [6.07, 6.45) is 16.2. The third kappa shape index (κ3) is 25.7. The fourth-order valence-corrected chi connectivity index (χ4v) is 6.70. The Balaban J connectivity index is 0. The Morgan fingerprint density at radius 2 is 0.600 bits per heavy atom. The second-order valence-electron chi connectivity index (χ2n) is 15.9. The van der Waals surface area contributed by atoms with Crippen LogP contribution in [0.2, 0.25) is 0 Å². The van der Waals surface area contributed by atoms with Crippen LogP contribution in [-0.2, 0) is 174 Å². The maximum absolute atomic E-state index is 9.94. The van der Waals surface area contributed by atoms with Crippen LogP contribution in [0.15, 0.2) is 251 Å². The molecule has 436 valence electrons. The average molecular weight is 2160 g/mol. The molecule has 6 aromatic rings. The normalized spacial score (nSPS) is 12.3. The van der Waals surface area contributed by atoms with Crippen molar-refractivity contribution in [3.63, 3.8) is 0 Å². The van der Waals surface area contributed by atoms with E-state index in [1.165, 1.54) is 0 Å². The summed E-state index contributed by atoms with van der Waals surface area (Å²) in [4.78, 5) is 0. The SMILES string of the molecule is OC1=[C-]C(O)=C(NCc2ccccc2)[C+]=C1NCc1ccccc1.OC1=[C-]C(O)=C([N-]Cc2ccccc2)[C+]=C1[N-]Cc1ccccc1.OC1=[C-]C(O)=C([N-]Cc2ccccc2)[C+]=C1[N-]Cc1ccccc1.[Au+].[Au+].[Au+].[Au+].[Au+].[Au+].[CH3-].[CH3-]. The predicted octanol–water partition coefficient (Wildman–Crippen LogP) is 13.9. The number of aliphatic hydroxyl groups is 6. The molecule has 0 aliphatic heterocycles. The van der Waals surface area contributed by atoms with Gasteiger partial charge in [-0.25, -0.2) is 0 Å². The number of rotatable bonds is 18. The Kier molecular flexibility index (Phi) is 40.0. The number of hydrogen-bond acceptors (Lipinski definition) is 8. The standard InChI is InChI=1S/C20H18N2O2.2C20H16N2O2.2CH3.6Au/c3*23-19-12-20(24)18(22-14-16-9-5-2-6-10-16)11-17(19)21-13-15-7-3-1-4-8-15;;;;;;;;/h1-10,21-24H,13-14H2;2*1-10,23-24H,13-14H2;2*1H3;;;;;;/q;2*-2;2*-1;6*+1. The summed E-state index contributed by atoms with van der Waals surface area (Å²) < 4.78 is 0. The van der Waals surface area contributed by atoms with E-state index in [0.717, 1.165) is 33.4 Å². The summed E-state index contributed by atoms with van der Waals surface area (Å²) in [5.74, 6) is -1.25. The van der Waals surface area contributed by atoms with Crippen LogP contribution in [0, 0.1) is 51.3 Å². The number of nitrogens with one attached hydrogen (secondary N) is 2. The van der Waals surface area contributed by atoms with Gasteiger partial charge in [-0.2, -0.15) is 0 Å².